The van der Waals surface area contributed by atoms with Crippen LogP contribution in [0.5, 0.6) is 5.75 Å². The highest BCUT2D eigenvalue weighted by Gasteiger charge is 2.25. The SMILES string of the molecule is Clc1cc(Br)cc(OCc2ccccc2)c1C1OCCO1. The minimum absolute atomic E-state index is 0.462. The second kappa shape index (κ2) is 6.79. The van der Waals surface area contributed by atoms with Crippen LogP contribution in [0.4, 0.5) is 0 Å². The van der Waals surface area contributed by atoms with Crippen molar-refractivity contribution in [3.63, 3.8) is 0 Å². The van der Waals surface area contributed by atoms with Crippen LogP contribution in [0.25, 0.3) is 0 Å². The first-order valence-corrected chi connectivity index (χ1v) is 7.80. The highest BCUT2D eigenvalue weighted by atomic mass is 79.9. The summed E-state index contributed by atoms with van der Waals surface area (Å²) in [6.07, 6.45) is -0.462. The van der Waals surface area contributed by atoms with Crippen molar-refractivity contribution in [2.45, 2.75) is 12.9 Å². The van der Waals surface area contributed by atoms with Gasteiger partial charge in [-0.05, 0) is 17.7 Å². The van der Waals surface area contributed by atoms with Crippen molar-refractivity contribution < 1.29 is 14.2 Å². The van der Waals surface area contributed by atoms with Gasteiger partial charge in [0.2, 0.25) is 0 Å². The Hall–Kier alpha value is -1.07. The molecule has 0 bridgehead atoms. The zero-order chi connectivity index (χ0) is 14.7. The molecule has 0 spiro atoms. The number of hydrogen-bond acceptors (Lipinski definition) is 3. The Bertz CT molecular complexity index is 612. The first-order valence-electron chi connectivity index (χ1n) is 6.63. The lowest BCUT2D eigenvalue weighted by Gasteiger charge is -2.17. The van der Waals surface area contributed by atoms with Crippen LogP contribution in [0.2, 0.25) is 5.02 Å². The predicted octanol–water partition coefficient (Wildman–Crippen LogP) is 4.73. The van der Waals surface area contributed by atoms with Gasteiger partial charge >= 0.3 is 0 Å². The molecule has 2 aromatic rings. The normalized spacial score (nSPS) is 15.3. The van der Waals surface area contributed by atoms with Crippen LogP contribution < -0.4 is 4.74 Å². The Kier molecular flexibility index (Phi) is 4.80. The molecule has 21 heavy (non-hydrogen) atoms. The molecule has 1 heterocycles. The second-order valence-corrected chi connectivity index (χ2v) is 5.97. The molecule has 1 aliphatic rings. The van der Waals surface area contributed by atoms with E-state index in [9.17, 15) is 0 Å². The smallest absolute Gasteiger partial charge is 0.189 e. The lowest BCUT2D eigenvalue weighted by molar-refractivity contribution is -0.0458. The second-order valence-electron chi connectivity index (χ2n) is 4.65. The van der Waals surface area contributed by atoms with E-state index in [1.54, 1.807) is 0 Å². The van der Waals surface area contributed by atoms with E-state index >= 15 is 0 Å². The third-order valence-electron chi connectivity index (χ3n) is 3.15. The first kappa shape index (κ1) is 14.9. The van der Waals surface area contributed by atoms with Gasteiger partial charge < -0.3 is 14.2 Å². The van der Waals surface area contributed by atoms with Crippen molar-refractivity contribution in [1.29, 1.82) is 0 Å². The average molecular weight is 370 g/mol. The molecule has 1 saturated heterocycles. The quantitative estimate of drug-likeness (QED) is 0.780. The Morgan fingerprint density at radius 1 is 1.14 bits per heavy atom. The van der Waals surface area contributed by atoms with Crippen LogP contribution in [-0.2, 0) is 16.1 Å². The molecule has 0 amide bonds. The maximum atomic E-state index is 6.33. The molecule has 5 heteroatoms. The van der Waals surface area contributed by atoms with Crippen LogP contribution in [-0.4, -0.2) is 13.2 Å². The fourth-order valence-electron chi connectivity index (χ4n) is 2.17. The zero-order valence-corrected chi connectivity index (χ0v) is 13.6. The van der Waals surface area contributed by atoms with Crippen molar-refractivity contribution in [2.24, 2.45) is 0 Å². The fourth-order valence-corrected chi connectivity index (χ4v) is 3.04. The van der Waals surface area contributed by atoms with E-state index in [4.69, 9.17) is 25.8 Å². The molecule has 2 aromatic carbocycles. The van der Waals surface area contributed by atoms with Gasteiger partial charge in [-0.15, -0.1) is 0 Å². The molecule has 0 saturated carbocycles. The summed E-state index contributed by atoms with van der Waals surface area (Å²) in [6.45, 7) is 1.59. The van der Waals surface area contributed by atoms with E-state index in [-0.39, 0.29) is 0 Å². The molecular weight excluding hydrogens is 356 g/mol. The van der Waals surface area contributed by atoms with E-state index in [0.717, 1.165) is 15.6 Å². The van der Waals surface area contributed by atoms with Gasteiger partial charge in [0, 0.05) is 4.47 Å². The molecular formula is C16H14BrClO3. The highest BCUT2D eigenvalue weighted by Crippen LogP contribution is 2.39. The summed E-state index contributed by atoms with van der Waals surface area (Å²) in [7, 11) is 0. The molecule has 0 N–H and O–H groups in total. The number of halogens is 2. The van der Waals surface area contributed by atoms with Crippen molar-refractivity contribution in [3.05, 3.63) is 63.1 Å². The molecule has 0 unspecified atom stereocenters. The predicted molar refractivity (Wildman–Crippen MR) is 84.6 cm³/mol. The maximum absolute atomic E-state index is 6.33. The highest BCUT2D eigenvalue weighted by molar-refractivity contribution is 9.10. The van der Waals surface area contributed by atoms with Crippen molar-refractivity contribution in [2.75, 3.05) is 13.2 Å². The average Bonchev–Trinajstić information content (AvgIpc) is 2.99. The number of rotatable bonds is 4. The lowest BCUT2D eigenvalue weighted by atomic mass is 10.2. The van der Waals surface area contributed by atoms with Gasteiger partial charge in [-0.2, -0.15) is 0 Å². The van der Waals surface area contributed by atoms with Gasteiger partial charge in [-0.3, -0.25) is 0 Å². The molecule has 0 radical (unpaired) electrons. The van der Waals surface area contributed by atoms with Crippen LogP contribution >= 0.6 is 27.5 Å². The molecule has 1 aliphatic heterocycles. The summed E-state index contributed by atoms with van der Waals surface area (Å²) in [4.78, 5) is 0. The molecule has 3 nitrogen and oxygen atoms in total. The van der Waals surface area contributed by atoms with E-state index < -0.39 is 6.29 Å². The Labute approximate surface area is 136 Å². The van der Waals surface area contributed by atoms with Crippen LogP contribution in [0.3, 0.4) is 0 Å². The zero-order valence-electron chi connectivity index (χ0n) is 11.2. The summed E-state index contributed by atoms with van der Waals surface area (Å²) in [5.74, 6) is 0.671. The van der Waals surface area contributed by atoms with E-state index in [1.807, 2.05) is 42.5 Å². The van der Waals surface area contributed by atoms with Crippen LogP contribution in [0.1, 0.15) is 17.4 Å². The van der Waals surface area contributed by atoms with E-state index in [0.29, 0.717) is 30.6 Å². The Balaban J connectivity index is 1.85. The lowest BCUT2D eigenvalue weighted by Crippen LogP contribution is -2.05. The minimum Gasteiger partial charge on any atom is -0.488 e. The topological polar surface area (TPSA) is 27.7 Å². The molecule has 1 fully saturated rings. The summed E-state index contributed by atoms with van der Waals surface area (Å²) >= 11 is 9.76. The fraction of sp³-hybridized carbons (Fsp3) is 0.250. The summed E-state index contributed by atoms with van der Waals surface area (Å²) < 4.78 is 17.9. The van der Waals surface area contributed by atoms with Gasteiger partial charge in [0.1, 0.15) is 12.4 Å². The van der Waals surface area contributed by atoms with Crippen LogP contribution in [0.15, 0.2) is 46.9 Å². The third-order valence-corrected chi connectivity index (χ3v) is 3.92. The van der Waals surface area contributed by atoms with E-state index in [1.165, 1.54) is 0 Å². The number of benzene rings is 2. The summed E-state index contributed by atoms with van der Waals surface area (Å²) in [5.41, 5.74) is 1.83. The van der Waals surface area contributed by atoms with Crippen LogP contribution in [0, 0.1) is 0 Å². The Morgan fingerprint density at radius 2 is 1.86 bits per heavy atom. The monoisotopic (exact) mass is 368 g/mol. The van der Waals surface area contributed by atoms with Gasteiger partial charge in [0.05, 0.1) is 23.8 Å². The first-order chi connectivity index (χ1) is 10.2. The number of hydrogen-bond donors (Lipinski definition) is 0. The van der Waals surface area contributed by atoms with E-state index in [2.05, 4.69) is 15.9 Å². The summed E-state index contributed by atoms with van der Waals surface area (Å²) in [5, 5.41) is 0.569. The number of ether oxygens (including phenoxy) is 3. The minimum atomic E-state index is -0.462. The third kappa shape index (κ3) is 3.58. The molecule has 0 aromatic heterocycles. The molecule has 3 rings (SSSR count). The maximum Gasteiger partial charge on any atom is 0.189 e. The van der Waals surface area contributed by atoms with Gasteiger partial charge in [-0.25, -0.2) is 0 Å². The van der Waals surface area contributed by atoms with Gasteiger partial charge in [0.15, 0.2) is 6.29 Å². The summed E-state index contributed by atoms with van der Waals surface area (Å²) in [6, 6.07) is 13.7. The van der Waals surface area contributed by atoms with Crippen molar-refractivity contribution in [1.82, 2.24) is 0 Å². The molecule has 110 valence electrons. The molecule has 0 atom stereocenters. The Morgan fingerprint density at radius 3 is 2.57 bits per heavy atom. The van der Waals surface area contributed by atoms with Crippen molar-refractivity contribution in [3.8, 4) is 5.75 Å². The van der Waals surface area contributed by atoms with Crippen molar-refractivity contribution >= 4 is 27.5 Å². The molecule has 0 aliphatic carbocycles. The van der Waals surface area contributed by atoms with Gasteiger partial charge in [0.25, 0.3) is 0 Å². The standard InChI is InChI=1S/C16H14BrClO3/c17-12-8-13(18)15(16-19-6-7-20-16)14(9-12)21-10-11-4-2-1-3-5-11/h1-5,8-9,16H,6-7,10H2. The van der Waals surface area contributed by atoms with Gasteiger partial charge in [-0.1, -0.05) is 57.9 Å². The largest absolute Gasteiger partial charge is 0.488 e.